The first-order chi connectivity index (χ1) is 6.15. The number of urea groups is 1. The van der Waals surface area contributed by atoms with Crippen LogP contribution in [0.15, 0.2) is 36.1 Å². The number of amides is 2. The van der Waals surface area contributed by atoms with Crippen LogP contribution in [0.25, 0.3) is 0 Å². The van der Waals surface area contributed by atoms with Crippen LogP contribution in [0.2, 0.25) is 0 Å². The third-order valence-corrected chi connectivity index (χ3v) is 1.89. The van der Waals surface area contributed by atoms with Gasteiger partial charge >= 0.3 is 6.03 Å². The van der Waals surface area contributed by atoms with Crippen molar-refractivity contribution < 1.29 is 4.79 Å². The molecule has 13 heavy (non-hydrogen) atoms. The minimum absolute atomic E-state index is 0.0948. The van der Waals surface area contributed by atoms with Crippen molar-refractivity contribution in [3.8, 4) is 0 Å². The highest BCUT2D eigenvalue weighted by molar-refractivity contribution is 5.79. The number of nitrogens with zero attached hydrogens (tertiary/aromatic N) is 1. The van der Waals surface area contributed by atoms with Crippen molar-refractivity contribution in [1.82, 2.24) is 10.2 Å². The minimum atomic E-state index is -0.0948. The van der Waals surface area contributed by atoms with Gasteiger partial charge < -0.3 is 10.2 Å². The van der Waals surface area contributed by atoms with Gasteiger partial charge in [-0.05, 0) is 12.5 Å². The maximum atomic E-state index is 11.1. The Bertz CT molecular complexity index is 289. The molecule has 1 heterocycles. The smallest absolute Gasteiger partial charge is 0.321 e. The van der Waals surface area contributed by atoms with Gasteiger partial charge in [-0.1, -0.05) is 24.8 Å². The van der Waals surface area contributed by atoms with Crippen molar-refractivity contribution in [2.24, 2.45) is 0 Å². The van der Waals surface area contributed by atoms with Crippen molar-refractivity contribution in [2.75, 3.05) is 13.6 Å². The van der Waals surface area contributed by atoms with E-state index in [0.29, 0.717) is 12.2 Å². The van der Waals surface area contributed by atoms with Gasteiger partial charge in [0.2, 0.25) is 0 Å². The second kappa shape index (κ2) is 3.94. The molecule has 0 saturated carbocycles. The number of carbonyl (C=O) groups excluding carboxylic acids is 1. The number of hydrogen-bond acceptors (Lipinski definition) is 1. The number of nitrogens with one attached hydrogen (secondary N) is 1. The summed E-state index contributed by atoms with van der Waals surface area (Å²) in [6, 6.07) is -0.0948. The fourth-order valence-corrected chi connectivity index (χ4v) is 1.09. The Balaban J connectivity index is 2.78. The van der Waals surface area contributed by atoms with Crippen LogP contribution in [0.3, 0.4) is 0 Å². The van der Waals surface area contributed by atoms with E-state index < -0.39 is 0 Å². The van der Waals surface area contributed by atoms with E-state index in [1.165, 1.54) is 0 Å². The van der Waals surface area contributed by atoms with Crippen molar-refractivity contribution in [1.29, 1.82) is 0 Å². The molecule has 1 saturated heterocycles. The maximum Gasteiger partial charge on any atom is 0.321 e. The zero-order valence-corrected chi connectivity index (χ0v) is 8.00. The molecule has 1 aliphatic heterocycles. The molecule has 3 nitrogen and oxygen atoms in total. The molecule has 0 aliphatic carbocycles. The maximum absolute atomic E-state index is 11.1. The monoisotopic (exact) mass is 178 g/mol. The van der Waals surface area contributed by atoms with Crippen molar-refractivity contribution >= 4 is 6.03 Å². The Morgan fingerprint density at radius 3 is 2.92 bits per heavy atom. The topological polar surface area (TPSA) is 32.3 Å². The molecular weight excluding hydrogens is 164 g/mol. The summed E-state index contributed by atoms with van der Waals surface area (Å²) in [6.45, 7) is 6.34. The van der Waals surface area contributed by atoms with E-state index in [9.17, 15) is 4.79 Å². The third-order valence-electron chi connectivity index (χ3n) is 1.89. The van der Waals surface area contributed by atoms with Gasteiger partial charge in [0.15, 0.2) is 0 Å². The predicted molar refractivity (Wildman–Crippen MR) is 53.2 cm³/mol. The lowest BCUT2D eigenvalue weighted by atomic mass is 10.1. The molecule has 3 heteroatoms. The normalized spacial score (nSPS) is 21.4. The Morgan fingerprint density at radius 1 is 1.62 bits per heavy atom. The summed E-state index contributed by atoms with van der Waals surface area (Å²) in [5.74, 6) is 0. The lowest BCUT2D eigenvalue weighted by molar-refractivity contribution is 0.211. The van der Waals surface area contributed by atoms with Crippen LogP contribution in [-0.2, 0) is 0 Å². The lowest BCUT2D eigenvalue weighted by Gasteiger charge is -2.27. The van der Waals surface area contributed by atoms with E-state index in [1.807, 2.05) is 25.2 Å². The van der Waals surface area contributed by atoms with E-state index in [-0.39, 0.29) is 6.03 Å². The summed E-state index contributed by atoms with van der Waals surface area (Å²) in [6.07, 6.45) is 5.83. The molecule has 0 atom stereocenters. The molecule has 2 amide bonds. The van der Waals surface area contributed by atoms with E-state index in [2.05, 4.69) is 11.9 Å². The van der Waals surface area contributed by atoms with Crippen LogP contribution in [0.4, 0.5) is 4.79 Å². The number of carbonyl (C=O) groups is 1. The van der Waals surface area contributed by atoms with Gasteiger partial charge in [0, 0.05) is 19.3 Å². The quantitative estimate of drug-likeness (QED) is 0.650. The number of likely N-dealkylation sites (N-methyl/N-ethyl adjacent to an activating group) is 1. The molecule has 0 aromatic heterocycles. The lowest BCUT2D eigenvalue weighted by Crippen LogP contribution is -2.43. The highest BCUT2D eigenvalue weighted by atomic mass is 16.2. The van der Waals surface area contributed by atoms with Crippen molar-refractivity contribution in [3.05, 3.63) is 36.1 Å². The third kappa shape index (κ3) is 2.21. The fraction of sp³-hybridized carbons (Fsp3) is 0.300. The van der Waals surface area contributed by atoms with E-state index in [4.69, 9.17) is 0 Å². The number of allylic oxidation sites excluding steroid dienone is 3. The van der Waals surface area contributed by atoms with Gasteiger partial charge in [0.05, 0.1) is 0 Å². The van der Waals surface area contributed by atoms with E-state index in [1.54, 1.807) is 11.9 Å². The second-order valence-corrected chi connectivity index (χ2v) is 2.98. The van der Waals surface area contributed by atoms with Crippen LogP contribution in [0.5, 0.6) is 0 Å². The number of hydrogen-bond donors (Lipinski definition) is 1. The fourth-order valence-electron chi connectivity index (χ4n) is 1.09. The highest BCUT2D eigenvalue weighted by Gasteiger charge is 2.19. The summed E-state index contributed by atoms with van der Waals surface area (Å²) in [4.78, 5) is 12.7. The molecule has 0 bridgehead atoms. The van der Waals surface area contributed by atoms with Crippen molar-refractivity contribution in [2.45, 2.75) is 6.92 Å². The van der Waals surface area contributed by atoms with Crippen LogP contribution < -0.4 is 5.32 Å². The Hall–Kier alpha value is -1.51. The molecule has 1 rings (SSSR count). The Labute approximate surface area is 78.4 Å². The summed E-state index contributed by atoms with van der Waals surface area (Å²) >= 11 is 0. The molecule has 0 radical (unpaired) electrons. The molecule has 0 spiro atoms. The van der Waals surface area contributed by atoms with Crippen LogP contribution >= 0.6 is 0 Å². The van der Waals surface area contributed by atoms with Crippen LogP contribution in [0, 0.1) is 0 Å². The first-order valence-corrected chi connectivity index (χ1v) is 4.18. The van der Waals surface area contributed by atoms with Crippen molar-refractivity contribution in [3.63, 3.8) is 0 Å². The molecule has 70 valence electrons. The average Bonchev–Trinajstić information content (AvgIpc) is 2.09. The van der Waals surface area contributed by atoms with Gasteiger partial charge in [-0.3, -0.25) is 0 Å². The predicted octanol–water partition coefficient (Wildman–Crippen LogP) is 1.66. The molecular formula is C10H14N2O. The summed E-state index contributed by atoms with van der Waals surface area (Å²) in [5.41, 5.74) is 1.74. The Kier molecular flexibility index (Phi) is 2.90. The van der Waals surface area contributed by atoms with Crippen LogP contribution in [-0.4, -0.2) is 24.5 Å². The van der Waals surface area contributed by atoms with Gasteiger partial charge in [0.25, 0.3) is 0 Å². The number of rotatable bonds is 1. The first kappa shape index (κ1) is 9.58. The average molecular weight is 178 g/mol. The summed E-state index contributed by atoms with van der Waals surface area (Å²) in [7, 11) is 1.76. The van der Waals surface area contributed by atoms with Gasteiger partial charge in [0.1, 0.15) is 0 Å². The largest absolute Gasteiger partial charge is 0.323 e. The highest BCUT2D eigenvalue weighted by Crippen LogP contribution is 2.12. The molecule has 0 aromatic carbocycles. The van der Waals surface area contributed by atoms with E-state index >= 15 is 0 Å². The minimum Gasteiger partial charge on any atom is -0.323 e. The molecule has 1 aliphatic rings. The van der Waals surface area contributed by atoms with Crippen LogP contribution in [0.1, 0.15) is 6.92 Å². The zero-order chi connectivity index (χ0) is 9.84. The van der Waals surface area contributed by atoms with Gasteiger partial charge in [-0.15, -0.1) is 0 Å². The summed E-state index contributed by atoms with van der Waals surface area (Å²) in [5, 5.41) is 2.68. The van der Waals surface area contributed by atoms with Gasteiger partial charge in [-0.25, -0.2) is 4.79 Å². The second-order valence-electron chi connectivity index (χ2n) is 2.98. The molecule has 0 aromatic rings. The molecule has 1 N–H and O–H groups in total. The zero-order valence-electron chi connectivity index (χ0n) is 8.00. The molecule has 1 fully saturated rings. The standard InChI is InChI=1S/C10H14N2O/c1-4-5-6-9-7-12(3)10(13)11-8(9)2/h4-6H,2,7H2,1,3H3,(H,11,13)/b5-4-,9-6-. The Morgan fingerprint density at radius 2 is 2.31 bits per heavy atom. The van der Waals surface area contributed by atoms with E-state index in [0.717, 1.165) is 5.57 Å². The first-order valence-electron chi connectivity index (χ1n) is 4.18. The SMILES string of the molecule is C=C1NC(=O)N(C)C/C1=C/C=C\C. The molecule has 0 unspecified atom stereocenters. The summed E-state index contributed by atoms with van der Waals surface area (Å²) < 4.78 is 0. The van der Waals surface area contributed by atoms with Gasteiger partial charge in [-0.2, -0.15) is 0 Å².